The van der Waals surface area contributed by atoms with E-state index in [-0.39, 0.29) is 104 Å². The number of halogens is 7. The van der Waals surface area contributed by atoms with E-state index in [0.717, 1.165) is 57.9 Å². The van der Waals surface area contributed by atoms with Gasteiger partial charge in [0, 0.05) is 70.6 Å². The lowest BCUT2D eigenvalue weighted by Crippen LogP contribution is -2.41. The quantitative estimate of drug-likeness (QED) is 0.0306. The van der Waals surface area contributed by atoms with Crippen molar-refractivity contribution in [3.8, 4) is 34.5 Å². The third-order valence-electron chi connectivity index (χ3n) is 23.8. The molecule has 0 saturated heterocycles. The van der Waals surface area contributed by atoms with E-state index in [1.807, 2.05) is 86.6 Å². The minimum absolute atomic E-state index is 0.0399. The SMILES string of the molecule is CC(C)(NC(=O)c1cccc2c1cnn2-c1ccc(F)cc1)c1ccccc1.CNS(=O)(=O)c1ccc(CNC(=O)c2cccc3c2cnn3-c2ccc(F)cc2)c(Cl)c1.CS(=O)(=O)c1cc(F)ccc1CNC(=O)c1cccc2c1cnn2-c1ccc(F)cc1.CS(=O)(=O)c1cccc(CNC(=O)c2cccc3c2cnn3-c2ccc(F)cc2)c1.N#Cc1ccccc1CNC(=O)c1cccc2c1cnn2-c1ccc(F)cc1. The fraction of sp³-hybridized carbons (Fsp3) is 0.0901. The molecule has 0 atom stereocenters. The van der Waals surface area contributed by atoms with Gasteiger partial charge in [0.2, 0.25) is 10.0 Å². The Labute approximate surface area is 854 Å². The van der Waals surface area contributed by atoms with Gasteiger partial charge in [-0.3, -0.25) is 24.0 Å². The number of benzene rings is 15. The van der Waals surface area contributed by atoms with Gasteiger partial charge < -0.3 is 26.6 Å². The number of nitrogens with zero attached hydrogens (tertiary/aromatic N) is 11. The summed E-state index contributed by atoms with van der Waals surface area (Å²) < 4.78 is 161. The van der Waals surface area contributed by atoms with E-state index in [2.05, 4.69) is 62.9 Å². The highest BCUT2D eigenvalue weighted by molar-refractivity contribution is 7.91. The lowest BCUT2D eigenvalue weighted by atomic mass is 9.93. The second-order valence-corrected chi connectivity index (χ2v) is 40.5. The minimum atomic E-state index is -3.66. The van der Waals surface area contributed by atoms with Gasteiger partial charge >= 0.3 is 0 Å². The van der Waals surface area contributed by atoms with Crippen molar-refractivity contribution in [3.63, 3.8) is 0 Å². The largest absolute Gasteiger partial charge is 0.348 e. The van der Waals surface area contributed by atoms with Crippen LogP contribution in [0.2, 0.25) is 5.02 Å². The van der Waals surface area contributed by atoms with E-state index in [1.165, 1.54) is 98.2 Å². The molecule has 0 unspecified atom stereocenters. The lowest BCUT2D eigenvalue weighted by molar-refractivity contribution is 0.0909. The molecule has 0 radical (unpaired) electrons. The summed E-state index contributed by atoms with van der Waals surface area (Å²) in [5.41, 5.74) is 12.6. The van der Waals surface area contributed by atoms with E-state index in [1.54, 1.807) is 206 Å². The monoisotopic (exact) mass is 2080 g/mol. The molecule has 38 heteroatoms. The van der Waals surface area contributed by atoms with Crippen molar-refractivity contribution in [2.24, 2.45) is 0 Å². The second kappa shape index (κ2) is 45.2. The molecule has 0 aliphatic heterocycles. The van der Waals surface area contributed by atoms with Gasteiger partial charge in [0.1, 0.15) is 34.9 Å². The summed E-state index contributed by atoms with van der Waals surface area (Å²) in [6.45, 7) is 4.41. The van der Waals surface area contributed by atoms with Gasteiger partial charge in [-0.2, -0.15) is 30.8 Å². The van der Waals surface area contributed by atoms with Crippen molar-refractivity contribution in [1.29, 1.82) is 5.26 Å². The van der Waals surface area contributed by atoms with Crippen LogP contribution in [0, 0.1) is 46.2 Å². The Morgan fingerprint density at radius 1 is 0.336 bits per heavy atom. The zero-order valence-electron chi connectivity index (χ0n) is 79.7. The second-order valence-electron chi connectivity index (χ2n) is 34.2. The summed E-state index contributed by atoms with van der Waals surface area (Å²) in [4.78, 5) is 64.3. The van der Waals surface area contributed by atoms with Crippen molar-refractivity contribution in [2.75, 3.05) is 19.6 Å². The van der Waals surface area contributed by atoms with Gasteiger partial charge in [-0.05, 0) is 273 Å². The maximum atomic E-state index is 13.5. The molecule has 0 aliphatic carbocycles. The number of rotatable bonds is 24. The number of nitrogens with one attached hydrogen (secondary N) is 6. The maximum absolute atomic E-state index is 13.5. The predicted molar refractivity (Wildman–Crippen MR) is 555 cm³/mol. The van der Waals surface area contributed by atoms with Crippen LogP contribution in [0.3, 0.4) is 0 Å². The molecule has 6 N–H and O–H groups in total. The molecular formula is C111H88ClF6N17O11S3. The number of sulfone groups is 2. The van der Waals surface area contributed by atoms with Crippen LogP contribution < -0.4 is 31.3 Å². The van der Waals surface area contributed by atoms with Gasteiger partial charge in [-0.1, -0.05) is 115 Å². The summed E-state index contributed by atoms with van der Waals surface area (Å²) in [5.74, 6) is -3.84. The van der Waals surface area contributed by atoms with Crippen LogP contribution >= 0.6 is 11.6 Å². The molecule has 0 aliphatic rings. The number of hydrogen-bond donors (Lipinski definition) is 6. The van der Waals surface area contributed by atoms with Gasteiger partial charge in [0.25, 0.3) is 29.5 Å². The van der Waals surface area contributed by atoms with Crippen LogP contribution in [-0.2, 0) is 61.4 Å². The molecule has 5 amide bonds. The summed E-state index contributed by atoms with van der Waals surface area (Å²) in [5, 5.41) is 48.7. The molecule has 5 heterocycles. The van der Waals surface area contributed by atoms with E-state index >= 15 is 0 Å². The van der Waals surface area contributed by atoms with E-state index < -0.39 is 47.0 Å². The highest BCUT2D eigenvalue weighted by atomic mass is 35.5. The molecule has 20 aromatic rings. The van der Waals surface area contributed by atoms with Crippen LogP contribution in [0.25, 0.3) is 83.0 Å². The van der Waals surface area contributed by atoms with Crippen molar-refractivity contribution in [2.45, 2.75) is 60.3 Å². The molecular weight excluding hydrogens is 1990 g/mol. The predicted octanol–water partition coefficient (Wildman–Crippen LogP) is 19.6. The first kappa shape index (κ1) is 104. The van der Waals surface area contributed by atoms with Crippen molar-refractivity contribution in [1.82, 2.24) is 80.2 Å². The Hall–Kier alpha value is -17.8. The summed E-state index contributed by atoms with van der Waals surface area (Å²) in [6.07, 6.45) is 10.1. The number of nitriles is 1. The topological polar surface area (TPSA) is 373 Å². The molecule has 0 spiro atoms. The molecule has 28 nitrogen and oxygen atoms in total. The van der Waals surface area contributed by atoms with Crippen LogP contribution in [-0.4, -0.2) is 123 Å². The zero-order chi connectivity index (χ0) is 106. The average Bonchev–Trinajstić information content (AvgIpc) is 1.67. The van der Waals surface area contributed by atoms with E-state index in [9.17, 15) is 80.8 Å². The van der Waals surface area contributed by atoms with Crippen molar-refractivity contribution >= 4 is 125 Å². The molecule has 0 bridgehead atoms. The van der Waals surface area contributed by atoms with E-state index in [4.69, 9.17) is 11.6 Å². The molecule has 20 rings (SSSR count). The van der Waals surface area contributed by atoms with Crippen LogP contribution in [0.1, 0.15) is 99.0 Å². The lowest BCUT2D eigenvalue weighted by Gasteiger charge is -2.27. The van der Waals surface area contributed by atoms with Gasteiger partial charge in [-0.15, -0.1) is 0 Å². The van der Waals surface area contributed by atoms with Crippen LogP contribution in [0.15, 0.2) is 373 Å². The summed E-state index contributed by atoms with van der Waals surface area (Å²) in [7, 11) is -9.28. The first-order valence-corrected chi connectivity index (χ1v) is 51.3. The molecule has 0 fully saturated rings. The Kier molecular flexibility index (Phi) is 31.6. The number of sulfonamides is 1. The normalized spacial score (nSPS) is 11.4. The maximum Gasteiger partial charge on any atom is 0.252 e. The Balaban J connectivity index is 0.000000133. The van der Waals surface area contributed by atoms with Crippen LogP contribution in [0.5, 0.6) is 0 Å². The Bertz CT molecular complexity index is 8880. The summed E-state index contributed by atoms with van der Waals surface area (Å²) in [6, 6.07) is 89.5. The fourth-order valence-electron chi connectivity index (χ4n) is 16.2. The zero-order valence-corrected chi connectivity index (χ0v) is 82.9. The van der Waals surface area contributed by atoms with Gasteiger partial charge in [-0.25, -0.2) is 79.7 Å². The van der Waals surface area contributed by atoms with E-state index in [0.29, 0.717) is 105 Å². The number of carbonyl (C=O) groups excluding carboxylic acids is 5. The fourth-order valence-corrected chi connectivity index (χ4v) is 18.9. The highest BCUT2D eigenvalue weighted by Crippen LogP contribution is 2.32. The van der Waals surface area contributed by atoms with Gasteiger partial charge in [0.15, 0.2) is 19.7 Å². The Morgan fingerprint density at radius 2 is 0.658 bits per heavy atom. The smallest absolute Gasteiger partial charge is 0.252 e. The molecule has 149 heavy (non-hydrogen) atoms. The number of carbonyl (C=O) groups is 5. The molecule has 750 valence electrons. The third kappa shape index (κ3) is 24.4. The number of hydrogen-bond acceptors (Lipinski definition) is 17. The third-order valence-corrected chi connectivity index (χ3v) is 27.9. The van der Waals surface area contributed by atoms with Crippen molar-refractivity contribution < 1.29 is 75.6 Å². The Morgan fingerprint density at radius 3 is 1.01 bits per heavy atom. The first-order valence-electron chi connectivity index (χ1n) is 45.6. The summed E-state index contributed by atoms with van der Waals surface area (Å²) >= 11 is 6.22. The molecule has 5 aromatic heterocycles. The van der Waals surface area contributed by atoms with Gasteiger partial charge in [0.05, 0.1) is 147 Å². The average molecular weight is 2080 g/mol. The minimum Gasteiger partial charge on any atom is -0.348 e. The highest BCUT2D eigenvalue weighted by Gasteiger charge is 2.28. The molecule has 15 aromatic carbocycles. The number of amides is 5. The number of fused-ring (bicyclic) bond motifs is 5. The standard InChI is InChI=1S/C23H20FN3O.C22H18ClFN4O3S.C22H17F2N3O3S.C22H15FN4O.C22H18FN3O3S/c1-23(2,16-7-4-3-5-8-16)26-22(28)19-9-6-10-21-20(19)15-25-27(21)18-13-11-17(24)12-14-18;1-25-32(30,31)17-10-5-14(20(23)11-17)12-26-22(29)18-3-2-4-21-19(18)13-27-28(21)16-8-6-15(24)7-9-16;1-31(29,30)21-11-16(24)6-5-14(21)12-25-22(28)18-3-2-4-20-19(18)13-26-27(20)17-9-7-15(23)8-10-17;23-17-8-10-18(11-9-17)27-21-7-3-6-19(20(21)14-26-27)22(28)25-13-16-5-2-1-4-15(16)12-24;1-30(28,29)18-5-2-4-15(12-18)13-24-22(27)19-6-3-7-21-20(19)14-25-26(21)17-10-8-16(23)9-11-17/h3-15H,1-2H3,(H,26,28);2-11,13,25H,12H2,1H3,(H,26,29);2-11,13H,12H2,1H3,(H,25,28);1-11,14H,13H2,(H,25,28);2-12,14H,13H2,1H3,(H,24,27). The number of aromatic nitrogens is 10. The molecule has 0 saturated carbocycles. The van der Waals surface area contributed by atoms with Crippen LogP contribution in [0.4, 0.5) is 26.3 Å². The van der Waals surface area contributed by atoms with Crippen molar-refractivity contribution in [3.05, 3.63) is 460 Å². The first-order chi connectivity index (χ1) is 71.5.